The number of rotatable bonds is 6. The summed E-state index contributed by atoms with van der Waals surface area (Å²) in [6.45, 7) is 2.52. The van der Waals surface area contributed by atoms with Gasteiger partial charge < -0.3 is 9.47 Å². The molecule has 20 heavy (non-hydrogen) atoms. The molecule has 0 saturated heterocycles. The van der Waals surface area contributed by atoms with Crippen LogP contribution >= 0.6 is 33.9 Å². The molecule has 9 heteroatoms. The van der Waals surface area contributed by atoms with Crippen LogP contribution in [-0.2, 0) is 18.5 Å². The van der Waals surface area contributed by atoms with Gasteiger partial charge in [0.2, 0.25) is 0 Å². The summed E-state index contributed by atoms with van der Waals surface area (Å²) < 4.78 is 32.4. The Kier molecular flexibility index (Phi) is 6.54. The summed E-state index contributed by atoms with van der Waals surface area (Å²) in [6, 6.07) is 2.07. The van der Waals surface area contributed by atoms with E-state index in [1.807, 2.05) is 0 Å². The molecule has 0 spiro atoms. The summed E-state index contributed by atoms with van der Waals surface area (Å²) in [6.07, 6.45) is 0. The van der Waals surface area contributed by atoms with E-state index in [1.54, 1.807) is 6.92 Å². The molecule has 0 aromatic heterocycles. The van der Waals surface area contributed by atoms with Gasteiger partial charge in [-0.25, -0.2) is 13.2 Å². The third kappa shape index (κ3) is 4.79. The van der Waals surface area contributed by atoms with Crippen LogP contribution in [0.5, 0.6) is 0 Å². The maximum atomic E-state index is 11.8. The summed E-state index contributed by atoms with van der Waals surface area (Å²) in [5.41, 5.74) is -0.171. The highest BCUT2D eigenvalue weighted by Crippen LogP contribution is 2.31. The van der Waals surface area contributed by atoms with Crippen molar-refractivity contribution < 1.29 is 22.7 Å². The zero-order valence-corrected chi connectivity index (χ0v) is 13.4. The van der Waals surface area contributed by atoms with Crippen molar-refractivity contribution in [2.75, 3.05) is 19.8 Å². The summed E-state index contributed by atoms with van der Waals surface area (Å²) in [5, 5.41) is -0.206. The molecule has 0 N–H and O–H groups in total. The van der Waals surface area contributed by atoms with Gasteiger partial charge in [-0.3, -0.25) is 0 Å². The number of halogens is 3. The fraction of sp³-hybridized carbons (Fsp3) is 0.364. The van der Waals surface area contributed by atoms with E-state index in [2.05, 4.69) is 0 Å². The monoisotopic (exact) mass is 360 g/mol. The van der Waals surface area contributed by atoms with Gasteiger partial charge in [0.05, 0.1) is 27.1 Å². The Balaban J connectivity index is 2.99. The summed E-state index contributed by atoms with van der Waals surface area (Å²) in [7, 11) is 1.17. The van der Waals surface area contributed by atoms with Crippen molar-refractivity contribution in [2.45, 2.75) is 11.8 Å². The van der Waals surface area contributed by atoms with Crippen molar-refractivity contribution in [2.24, 2.45) is 0 Å². The van der Waals surface area contributed by atoms with Crippen LogP contribution in [0, 0.1) is 0 Å². The van der Waals surface area contributed by atoms with E-state index < -0.39 is 15.0 Å². The second kappa shape index (κ2) is 7.47. The van der Waals surface area contributed by atoms with Gasteiger partial charge in [0, 0.05) is 17.3 Å². The molecule has 0 fully saturated rings. The Labute approximate surface area is 131 Å². The number of hydrogen-bond donors (Lipinski definition) is 0. The lowest BCUT2D eigenvalue weighted by molar-refractivity contribution is 0.0335. The number of carbonyl (C=O) groups excluding carboxylic acids is 1. The van der Waals surface area contributed by atoms with E-state index in [-0.39, 0.29) is 33.7 Å². The van der Waals surface area contributed by atoms with E-state index in [0.29, 0.717) is 6.61 Å². The van der Waals surface area contributed by atoms with Gasteiger partial charge in [0.1, 0.15) is 6.61 Å². The average Bonchev–Trinajstić information content (AvgIpc) is 2.36. The van der Waals surface area contributed by atoms with Crippen molar-refractivity contribution in [1.82, 2.24) is 0 Å². The molecule has 0 unspecified atom stereocenters. The first-order chi connectivity index (χ1) is 9.27. The molecule has 0 amide bonds. The van der Waals surface area contributed by atoms with E-state index in [1.165, 1.54) is 0 Å². The van der Waals surface area contributed by atoms with Crippen molar-refractivity contribution in [3.8, 4) is 0 Å². The van der Waals surface area contributed by atoms with Gasteiger partial charge in [-0.1, -0.05) is 23.2 Å². The zero-order valence-electron chi connectivity index (χ0n) is 10.4. The maximum absolute atomic E-state index is 11.8. The fourth-order valence-corrected chi connectivity index (χ4v) is 2.52. The quantitative estimate of drug-likeness (QED) is 0.442. The van der Waals surface area contributed by atoms with Crippen LogP contribution in [0.2, 0.25) is 10.0 Å². The van der Waals surface area contributed by atoms with Crippen LogP contribution < -0.4 is 0 Å². The fourth-order valence-electron chi connectivity index (χ4n) is 1.27. The Morgan fingerprint density at radius 1 is 1.25 bits per heavy atom. The molecule has 1 aromatic rings. The molecule has 0 radical (unpaired) electrons. The van der Waals surface area contributed by atoms with Crippen LogP contribution in [0.1, 0.15) is 17.3 Å². The second-order valence-corrected chi connectivity index (χ2v) is 6.89. The molecule has 0 atom stereocenters. The van der Waals surface area contributed by atoms with E-state index in [0.717, 1.165) is 12.1 Å². The summed E-state index contributed by atoms with van der Waals surface area (Å²) >= 11 is 11.6. The molecule has 5 nitrogen and oxygen atoms in total. The molecule has 0 bridgehead atoms. The number of hydrogen-bond acceptors (Lipinski definition) is 5. The molecule has 0 heterocycles. The van der Waals surface area contributed by atoms with Crippen LogP contribution in [0.15, 0.2) is 17.0 Å². The lowest BCUT2D eigenvalue weighted by Gasteiger charge is -2.08. The van der Waals surface area contributed by atoms with Crippen molar-refractivity contribution in [3.63, 3.8) is 0 Å². The molecule has 112 valence electrons. The average molecular weight is 362 g/mol. The first-order valence-electron chi connectivity index (χ1n) is 5.46. The van der Waals surface area contributed by atoms with E-state index in [9.17, 15) is 13.2 Å². The number of esters is 1. The van der Waals surface area contributed by atoms with E-state index in [4.69, 9.17) is 43.4 Å². The zero-order chi connectivity index (χ0) is 15.3. The Morgan fingerprint density at radius 2 is 1.90 bits per heavy atom. The van der Waals surface area contributed by atoms with Crippen molar-refractivity contribution in [3.05, 3.63) is 27.7 Å². The third-order valence-electron chi connectivity index (χ3n) is 2.17. The van der Waals surface area contributed by atoms with Gasteiger partial charge >= 0.3 is 5.97 Å². The van der Waals surface area contributed by atoms with Crippen molar-refractivity contribution >= 4 is 48.9 Å². The summed E-state index contributed by atoms with van der Waals surface area (Å²) in [4.78, 5) is 11.5. The highest BCUT2D eigenvalue weighted by molar-refractivity contribution is 8.13. The Morgan fingerprint density at radius 3 is 2.45 bits per heavy atom. The van der Waals surface area contributed by atoms with Gasteiger partial charge in [-0.15, -0.1) is 0 Å². The SMILES string of the molecule is CCOCCOC(=O)c1cc(S(=O)(=O)Cl)cc(Cl)c1Cl. The third-order valence-corrected chi connectivity index (χ3v) is 4.30. The molecule has 0 aliphatic carbocycles. The smallest absolute Gasteiger partial charge is 0.339 e. The predicted octanol–water partition coefficient (Wildman–Crippen LogP) is 3.11. The van der Waals surface area contributed by atoms with Gasteiger partial charge in [-0.05, 0) is 19.1 Å². The second-order valence-electron chi connectivity index (χ2n) is 3.54. The normalized spacial score (nSPS) is 11.4. The maximum Gasteiger partial charge on any atom is 0.339 e. The van der Waals surface area contributed by atoms with Crippen LogP contribution in [-0.4, -0.2) is 34.2 Å². The lowest BCUT2D eigenvalue weighted by atomic mass is 10.2. The Hall–Kier alpha value is -0.530. The largest absolute Gasteiger partial charge is 0.460 e. The highest BCUT2D eigenvalue weighted by atomic mass is 35.7. The van der Waals surface area contributed by atoms with Crippen molar-refractivity contribution in [1.29, 1.82) is 0 Å². The first kappa shape index (κ1) is 17.5. The van der Waals surface area contributed by atoms with Gasteiger partial charge in [-0.2, -0.15) is 0 Å². The number of carbonyl (C=O) groups is 1. The minimum atomic E-state index is -4.03. The lowest BCUT2D eigenvalue weighted by Crippen LogP contribution is -2.12. The van der Waals surface area contributed by atoms with Crippen LogP contribution in [0.3, 0.4) is 0 Å². The summed E-state index contributed by atoms with van der Waals surface area (Å²) in [5.74, 6) is -0.807. The molecular weight excluding hydrogens is 351 g/mol. The predicted molar refractivity (Wildman–Crippen MR) is 76.3 cm³/mol. The minimum absolute atomic E-state index is 0.0124. The van der Waals surface area contributed by atoms with E-state index >= 15 is 0 Å². The molecule has 0 saturated carbocycles. The minimum Gasteiger partial charge on any atom is -0.460 e. The standard InChI is InChI=1S/C11H11Cl3O5S/c1-2-18-3-4-19-11(15)8-5-7(20(14,16)17)6-9(12)10(8)13/h5-6H,2-4H2,1H3. The van der Waals surface area contributed by atoms with Crippen LogP contribution in [0.4, 0.5) is 0 Å². The molecule has 1 aromatic carbocycles. The first-order valence-corrected chi connectivity index (χ1v) is 8.52. The highest BCUT2D eigenvalue weighted by Gasteiger charge is 2.20. The Bertz CT molecular complexity index is 600. The van der Waals surface area contributed by atoms with Crippen LogP contribution in [0.25, 0.3) is 0 Å². The molecular formula is C11H11Cl3O5S. The number of ether oxygens (including phenoxy) is 2. The van der Waals surface area contributed by atoms with Gasteiger partial charge in [0.15, 0.2) is 0 Å². The molecule has 1 rings (SSSR count). The number of benzene rings is 1. The van der Waals surface area contributed by atoms with Gasteiger partial charge in [0.25, 0.3) is 9.05 Å². The topological polar surface area (TPSA) is 69.7 Å². The molecule has 0 aliphatic rings. The molecule has 0 aliphatic heterocycles.